The highest BCUT2D eigenvalue weighted by molar-refractivity contribution is 5.90. The molecule has 2 aromatic carbocycles. The maximum Gasteiger partial charge on any atom is 0.419 e. The van der Waals surface area contributed by atoms with Crippen molar-refractivity contribution in [1.82, 2.24) is 4.90 Å². The molecule has 1 amide bonds. The van der Waals surface area contributed by atoms with Crippen LogP contribution in [-0.4, -0.2) is 22.5 Å². The zero-order chi connectivity index (χ0) is 16.0. The summed E-state index contributed by atoms with van der Waals surface area (Å²) >= 11 is 0. The van der Waals surface area contributed by atoms with E-state index < -0.39 is 23.8 Å². The Bertz CT molecular complexity index is 789. The van der Waals surface area contributed by atoms with E-state index in [1.165, 1.54) is 4.90 Å². The predicted molar refractivity (Wildman–Crippen MR) is 81.7 cm³/mol. The van der Waals surface area contributed by atoms with Gasteiger partial charge >= 0.3 is 12.1 Å². The zero-order valence-corrected chi connectivity index (χ0v) is 12.6. The quantitative estimate of drug-likeness (QED) is 0.800. The van der Waals surface area contributed by atoms with Gasteiger partial charge in [0.05, 0.1) is 5.56 Å². The number of nitrogens with zero attached hydrogens (tertiary/aromatic N) is 1. The number of hydrogen-bond donors (Lipinski definition) is 0. The van der Waals surface area contributed by atoms with Gasteiger partial charge in [-0.3, -0.25) is 4.90 Å². The highest BCUT2D eigenvalue weighted by Gasteiger charge is 2.58. The van der Waals surface area contributed by atoms with E-state index in [2.05, 4.69) is 0 Å². The SMILES string of the molecule is C[C@@]1(Cc2ccccc2)C(=O)O[C@@H]2c3ccccc3OC(=O)N21. The summed E-state index contributed by atoms with van der Waals surface area (Å²) in [7, 11) is 0. The van der Waals surface area contributed by atoms with Crippen molar-refractivity contribution in [2.45, 2.75) is 25.1 Å². The van der Waals surface area contributed by atoms with Crippen LogP contribution in [0.4, 0.5) is 4.79 Å². The van der Waals surface area contributed by atoms with Crippen LogP contribution in [0.2, 0.25) is 0 Å². The van der Waals surface area contributed by atoms with E-state index in [0.29, 0.717) is 17.7 Å². The van der Waals surface area contributed by atoms with Crippen molar-refractivity contribution in [3.8, 4) is 5.75 Å². The van der Waals surface area contributed by atoms with Gasteiger partial charge < -0.3 is 9.47 Å². The van der Waals surface area contributed by atoms with E-state index in [-0.39, 0.29) is 0 Å². The highest BCUT2D eigenvalue weighted by Crippen LogP contribution is 2.45. The molecular formula is C18H15NO4. The van der Waals surface area contributed by atoms with Gasteiger partial charge in [-0.15, -0.1) is 0 Å². The second-order valence-electron chi connectivity index (χ2n) is 5.97. The Morgan fingerprint density at radius 1 is 1.04 bits per heavy atom. The third-order valence-electron chi connectivity index (χ3n) is 4.39. The first-order valence-electron chi connectivity index (χ1n) is 7.45. The van der Waals surface area contributed by atoms with Crippen molar-refractivity contribution in [2.75, 3.05) is 0 Å². The lowest BCUT2D eigenvalue weighted by Crippen LogP contribution is -2.53. The minimum absolute atomic E-state index is 0.375. The molecule has 0 spiro atoms. The van der Waals surface area contributed by atoms with Gasteiger partial charge in [0.15, 0.2) is 0 Å². The summed E-state index contributed by atoms with van der Waals surface area (Å²) in [5.74, 6) is 0.0236. The lowest BCUT2D eigenvalue weighted by Gasteiger charge is -2.36. The summed E-state index contributed by atoms with van der Waals surface area (Å²) in [5, 5.41) is 0. The minimum atomic E-state index is -1.09. The fourth-order valence-corrected chi connectivity index (χ4v) is 3.21. The lowest BCUT2D eigenvalue weighted by molar-refractivity contribution is -0.145. The van der Waals surface area contributed by atoms with Gasteiger partial charge in [-0.25, -0.2) is 9.59 Å². The molecule has 5 heteroatoms. The molecule has 2 heterocycles. The molecule has 0 radical (unpaired) electrons. The van der Waals surface area contributed by atoms with Crippen LogP contribution in [0.25, 0.3) is 0 Å². The van der Waals surface area contributed by atoms with E-state index in [4.69, 9.17) is 9.47 Å². The fourth-order valence-electron chi connectivity index (χ4n) is 3.21. The smallest absolute Gasteiger partial charge is 0.419 e. The van der Waals surface area contributed by atoms with Crippen molar-refractivity contribution in [1.29, 1.82) is 0 Å². The number of ether oxygens (including phenoxy) is 2. The Morgan fingerprint density at radius 2 is 1.74 bits per heavy atom. The average Bonchev–Trinajstić information content (AvgIpc) is 2.81. The standard InChI is InChI=1S/C18H15NO4/c1-18(11-12-7-3-2-4-8-12)16(20)23-15-13-9-5-6-10-14(13)22-17(21)19(15)18/h2-10,15H,11H2,1H3/t15-,18-/m1/s1. The number of hydrogen-bond acceptors (Lipinski definition) is 4. The first-order valence-corrected chi connectivity index (χ1v) is 7.45. The molecule has 23 heavy (non-hydrogen) atoms. The first kappa shape index (κ1) is 13.8. The van der Waals surface area contributed by atoms with Gasteiger partial charge in [0.25, 0.3) is 0 Å². The molecular weight excluding hydrogens is 294 g/mol. The van der Waals surface area contributed by atoms with Crippen LogP contribution in [-0.2, 0) is 16.0 Å². The van der Waals surface area contributed by atoms with Gasteiger partial charge in [-0.2, -0.15) is 0 Å². The molecule has 1 saturated heterocycles. The maximum absolute atomic E-state index is 12.6. The van der Waals surface area contributed by atoms with E-state index >= 15 is 0 Å². The van der Waals surface area contributed by atoms with Crippen LogP contribution in [0.3, 0.4) is 0 Å². The first-order chi connectivity index (χ1) is 11.1. The van der Waals surface area contributed by atoms with Gasteiger partial charge in [-0.05, 0) is 24.6 Å². The Labute approximate surface area is 133 Å². The van der Waals surface area contributed by atoms with Crippen LogP contribution in [0, 0.1) is 0 Å². The molecule has 0 unspecified atom stereocenters. The lowest BCUT2D eigenvalue weighted by atomic mass is 9.91. The maximum atomic E-state index is 12.6. The summed E-state index contributed by atoms with van der Waals surface area (Å²) in [6, 6.07) is 16.7. The van der Waals surface area contributed by atoms with Gasteiger partial charge in [-0.1, -0.05) is 42.5 Å². The van der Waals surface area contributed by atoms with Crippen molar-refractivity contribution in [3.63, 3.8) is 0 Å². The molecule has 2 atom stereocenters. The molecule has 0 saturated carbocycles. The van der Waals surface area contributed by atoms with Crippen LogP contribution in [0.15, 0.2) is 54.6 Å². The number of fused-ring (bicyclic) bond motifs is 3. The van der Waals surface area contributed by atoms with Gasteiger partial charge in [0.2, 0.25) is 6.23 Å². The highest BCUT2D eigenvalue weighted by atomic mass is 16.6. The van der Waals surface area contributed by atoms with Crippen LogP contribution < -0.4 is 4.74 Å². The monoisotopic (exact) mass is 309 g/mol. The number of para-hydroxylation sites is 1. The Kier molecular flexibility index (Phi) is 2.91. The number of amides is 1. The summed E-state index contributed by atoms with van der Waals surface area (Å²) in [4.78, 5) is 26.4. The Morgan fingerprint density at radius 3 is 2.52 bits per heavy atom. The second-order valence-corrected chi connectivity index (χ2v) is 5.97. The summed E-state index contributed by atoms with van der Waals surface area (Å²) < 4.78 is 10.9. The summed E-state index contributed by atoms with van der Waals surface area (Å²) in [6.07, 6.45) is -0.910. The largest absolute Gasteiger partial charge is 0.435 e. The summed E-state index contributed by atoms with van der Waals surface area (Å²) in [6.45, 7) is 1.72. The van der Waals surface area contributed by atoms with Crippen molar-refractivity contribution < 1.29 is 19.1 Å². The molecule has 2 aliphatic rings. The molecule has 2 aliphatic heterocycles. The molecule has 2 aromatic rings. The molecule has 0 bridgehead atoms. The number of carbonyl (C=O) groups excluding carboxylic acids is 2. The molecule has 116 valence electrons. The van der Waals surface area contributed by atoms with E-state index in [1.54, 1.807) is 25.1 Å². The zero-order valence-electron chi connectivity index (χ0n) is 12.6. The minimum Gasteiger partial charge on any atom is -0.435 e. The molecule has 0 aliphatic carbocycles. The third kappa shape index (κ3) is 2.00. The number of rotatable bonds is 2. The van der Waals surface area contributed by atoms with Crippen molar-refractivity contribution in [2.24, 2.45) is 0 Å². The molecule has 1 fully saturated rings. The predicted octanol–water partition coefficient (Wildman–Crippen LogP) is 3.06. The van der Waals surface area contributed by atoms with Crippen molar-refractivity contribution in [3.05, 3.63) is 65.7 Å². The number of carbonyl (C=O) groups is 2. The topological polar surface area (TPSA) is 55.8 Å². The van der Waals surface area contributed by atoms with Crippen LogP contribution >= 0.6 is 0 Å². The summed E-state index contributed by atoms with van der Waals surface area (Å²) in [5.41, 5.74) is 0.563. The molecule has 4 rings (SSSR count). The Balaban J connectivity index is 1.76. The third-order valence-corrected chi connectivity index (χ3v) is 4.39. The van der Waals surface area contributed by atoms with Crippen molar-refractivity contribution >= 4 is 12.1 Å². The number of benzene rings is 2. The van der Waals surface area contributed by atoms with E-state index in [0.717, 1.165) is 5.56 Å². The molecule has 0 N–H and O–H groups in total. The second kappa shape index (κ2) is 4.84. The average molecular weight is 309 g/mol. The van der Waals surface area contributed by atoms with Crippen LogP contribution in [0.1, 0.15) is 24.3 Å². The van der Waals surface area contributed by atoms with Gasteiger partial charge in [0.1, 0.15) is 11.3 Å². The van der Waals surface area contributed by atoms with Crippen LogP contribution in [0.5, 0.6) is 5.75 Å². The molecule has 0 aromatic heterocycles. The van der Waals surface area contributed by atoms with E-state index in [9.17, 15) is 9.59 Å². The molecule has 5 nitrogen and oxygen atoms in total. The Hall–Kier alpha value is -2.82. The number of esters is 1. The fraction of sp³-hybridized carbons (Fsp3) is 0.222. The normalized spacial score (nSPS) is 25.4. The van der Waals surface area contributed by atoms with E-state index in [1.807, 2.05) is 36.4 Å². The van der Waals surface area contributed by atoms with Gasteiger partial charge in [0, 0.05) is 6.42 Å².